The Labute approximate surface area is 155 Å². The van der Waals surface area contributed by atoms with Crippen LogP contribution in [0, 0.1) is 18.7 Å². The summed E-state index contributed by atoms with van der Waals surface area (Å²) in [5, 5.41) is 3.28. The van der Waals surface area contributed by atoms with E-state index in [1.54, 1.807) is 20.1 Å². The standard InChI is InChI=1S/C19H27FN2O2.ClH/c1-14-3-4-15(12-17(14)20)11-16-5-10-22(13-16)18(23)19(24-2)6-8-21-9-7-19;/h3-4,12,16,21H,5-11,13H2,1-2H3;1H. The lowest BCUT2D eigenvalue weighted by atomic mass is 9.90. The van der Waals surface area contributed by atoms with E-state index in [-0.39, 0.29) is 24.1 Å². The number of piperidine rings is 1. The van der Waals surface area contributed by atoms with E-state index in [4.69, 9.17) is 4.74 Å². The number of nitrogens with zero attached hydrogens (tertiary/aromatic N) is 1. The van der Waals surface area contributed by atoms with Crippen LogP contribution in [0.25, 0.3) is 0 Å². The number of amides is 1. The summed E-state index contributed by atoms with van der Waals surface area (Å²) in [7, 11) is 1.64. The molecule has 0 aliphatic carbocycles. The maximum absolute atomic E-state index is 13.7. The summed E-state index contributed by atoms with van der Waals surface area (Å²) in [5.74, 6) is 0.377. The van der Waals surface area contributed by atoms with E-state index < -0.39 is 5.60 Å². The van der Waals surface area contributed by atoms with Crippen molar-refractivity contribution in [2.45, 2.75) is 38.2 Å². The number of carbonyl (C=O) groups is 1. The second kappa shape index (κ2) is 8.47. The van der Waals surface area contributed by atoms with Crippen LogP contribution < -0.4 is 5.32 Å². The summed E-state index contributed by atoms with van der Waals surface area (Å²) >= 11 is 0. The first kappa shape index (κ1) is 20.1. The van der Waals surface area contributed by atoms with Gasteiger partial charge in [-0.1, -0.05) is 12.1 Å². The molecule has 0 aromatic heterocycles. The van der Waals surface area contributed by atoms with Gasteiger partial charge >= 0.3 is 0 Å². The Morgan fingerprint density at radius 1 is 1.40 bits per heavy atom. The van der Waals surface area contributed by atoms with Gasteiger partial charge in [0.05, 0.1) is 0 Å². The molecule has 2 saturated heterocycles. The van der Waals surface area contributed by atoms with Crippen LogP contribution >= 0.6 is 12.4 Å². The molecule has 3 rings (SSSR count). The third-order valence-electron chi connectivity index (χ3n) is 5.53. The Bertz CT molecular complexity index is 605. The number of hydrogen-bond donors (Lipinski definition) is 1. The maximum atomic E-state index is 13.7. The van der Waals surface area contributed by atoms with E-state index in [9.17, 15) is 9.18 Å². The number of benzene rings is 1. The van der Waals surface area contributed by atoms with E-state index in [0.717, 1.165) is 57.4 Å². The number of likely N-dealkylation sites (tertiary alicyclic amines) is 1. The average Bonchev–Trinajstić information content (AvgIpc) is 3.06. The van der Waals surface area contributed by atoms with Crippen molar-refractivity contribution in [2.75, 3.05) is 33.3 Å². The smallest absolute Gasteiger partial charge is 0.254 e. The van der Waals surface area contributed by atoms with Crippen molar-refractivity contribution >= 4 is 18.3 Å². The second-order valence-electron chi connectivity index (χ2n) is 7.14. The Morgan fingerprint density at radius 3 is 2.76 bits per heavy atom. The first-order valence-electron chi connectivity index (χ1n) is 8.84. The largest absolute Gasteiger partial charge is 0.368 e. The van der Waals surface area contributed by atoms with Crippen molar-refractivity contribution in [2.24, 2.45) is 5.92 Å². The fraction of sp³-hybridized carbons (Fsp3) is 0.632. The first-order valence-corrected chi connectivity index (χ1v) is 8.84. The minimum absolute atomic E-state index is 0. The lowest BCUT2D eigenvalue weighted by Crippen LogP contribution is -2.54. The van der Waals surface area contributed by atoms with Crippen LogP contribution in [-0.4, -0.2) is 49.7 Å². The number of nitrogens with one attached hydrogen (secondary N) is 1. The van der Waals surface area contributed by atoms with Gasteiger partial charge in [0.25, 0.3) is 5.91 Å². The molecule has 1 N–H and O–H groups in total. The Hall–Kier alpha value is -1.17. The molecule has 0 spiro atoms. The zero-order valence-electron chi connectivity index (χ0n) is 15.0. The molecule has 0 saturated carbocycles. The predicted octanol–water partition coefficient (Wildman–Crippen LogP) is 2.72. The molecule has 1 amide bonds. The lowest BCUT2D eigenvalue weighted by molar-refractivity contribution is -0.157. The van der Waals surface area contributed by atoms with Crippen LogP contribution in [0.15, 0.2) is 18.2 Å². The van der Waals surface area contributed by atoms with Crippen LogP contribution in [-0.2, 0) is 16.0 Å². The number of carbonyl (C=O) groups excluding carboxylic acids is 1. The molecule has 1 aromatic carbocycles. The zero-order valence-corrected chi connectivity index (χ0v) is 15.8. The number of ether oxygens (including phenoxy) is 1. The van der Waals surface area contributed by atoms with Crippen LogP contribution in [0.3, 0.4) is 0 Å². The van der Waals surface area contributed by atoms with Gasteiger partial charge in [0.1, 0.15) is 11.4 Å². The summed E-state index contributed by atoms with van der Waals surface area (Å²) in [6.45, 7) is 4.93. The third-order valence-corrected chi connectivity index (χ3v) is 5.53. The monoisotopic (exact) mass is 370 g/mol. The number of halogens is 2. The molecule has 4 nitrogen and oxygen atoms in total. The van der Waals surface area contributed by atoms with Crippen molar-refractivity contribution < 1.29 is 13.9 Å². The van der Waals surface area contributed by atoms with Gasteiger partial charge in [-0.15, -0.1) is 12.4 Å². The van der Waals surface area contributed by atoms with Crippen LogP contribution in [0.4, 0.5) is 4.39 Å². The lowest BCUT2D eigenvalue weighted by Gasteiger charge is -2.37. The fourth-order valence-corrected chi connectivity index (χ4v) is 3.90. The molecule has 2 aliphatic heterocycles. The van der Waals surface area contributed by atoms with E-state index in [2.05, 4.69) is 5.32 Å². The number of aryl methyl sites for hydroxylation is 1. The van der Waals surface area contributed by atoms with E-state index >= 15 is 0 Å². The molecule has 2 aliphatic rings. The highest BCUT2D eigenvalue weighted by Gasteiger charge is 2.44. The van der Waals surface area contributed by atoms with Crippen LogP contribution in [0.5, 0.6) is 0 Å². The molecule has 0 radical (unpaired) electrons. The van der Waals surface area contributed by atoms with Gasteiger partial charge in [0.15, 0.2) is 0 Å². The summed E-state index contributed by atoms with van der Waals surface area (Å²) in [6, 6.07) is 5.45. The van der Waals surface area contributed by atoms with Crippen molar-refractivity contribution in [1.82, 2.24) is 10.2 Å². The summed E-state index contributed by atoms with van der Waals surface area (Å²) in [4.78, 5) is 14.9. The predicted molar refractivity (Wildman–Crippen MR) is 98.6 cm³/mol. The minimum Gasteiger partial charge on any atom is -0.368 e. The summed E-state index contributed by atoms with van der Waals surface area (Å²) in [5.41, 5.74) is 1.03. The van der Waals surface area contributed by atoms with Gasteiger partial charge in [0, 0.05) is 20.2 Å². The quantitative estimate of drug-likeness (QED) is 0.886. The molecular weight excluding hydrogens is 343 g/mol. The van der Waals surface area contributed by atoms with Crippen LogP contribution in [0.1, 0.15) is 30.4 Å². The molecule has 2 heterocycles. The molecular formula is C19H28ClFN2O2. The van der Waals surface area contributed by atoms with Gasteiger partial charge in [-0.05, 0) is 68.8 Å². The van der Waals surface area contributed by atoms with E-state index in [1.165, 1.54) is 0 Å². The molecule has 1 aromatic rings. The van der Waals surface area contributed by atoms with Gasteiger partial charge in [-0.25, -0.2) is 4.39 Å². The molecule has 0 bridgehead atoms. The second-order valence-corrected chi connectivity index (χ2v) is 7.14. The number of methoxy groups -OCH3 is 1. The SMILES string of the molecule is COC1(C(=O)N2CCC(Cc3ccc(C)c(F)c3)C2)CCNCC1.Cl. The Balaban J connectivity index is 0.00000225. The summed E-state index contributed by atoms with van der Waals surface area (Å²) < 4.78 is 19.4. The highest BCUT2D eigenvalue weighted by molar-refractivity contribution is 5.86. The number of rotatable bonds is 4. The molecule has 140 valence electrons. The van der Waals surface area contributed by atoms with Gasteiger partial charge < -0.3 is 15.0 Å². The zero-order chi connectivity index (χ0) is 17.2. The average molecular weight is 371 g/mol. The topological polar surface area (TPSA) is 41.6 Å². The normalized spacial score (nSPS) is 22.5. The number of hydrogen-bond acceptors (Lipinski definition) is 3. The highest BCUT2D eigenvalue weighted by atomic mass is 35.5. The Morgan fingerprint density at radius 2 is 2.12 bits per heavy atom. The van der Waals surface area contributed by atoms with E-state index in [0.29, 0.717) is 11.5 Å². The summed E-state index contributed by atoms with van der Waals surface area (Å²) in [6.07, 6.45) is 3.25. The molecule has 2 fully saturated rings. The fourth-order valence-electron chi connectivity index (χ4n) is 3.90. The third kappa shape index (κ3) is 4.33. The van der Waals surface area contributed by atoms with Crippen molar-refractivity contribution in [3.8, 4) is 0 Å². The van der Waals surface area contributed by atoms with Crippen LogP contribution in [0.2, 0.25) is 0 Å². The minimum atomic E-state index is -0.657. The maximum Gasteiger partial charge on any atom is 0.254 e. The van der Waals surface area contributed by atoms with E-state index in [1.807, 2.05) is 17.0 Å². The Kier molecular flexibility index (Phi) is 6.83. The van der Waals surface area contributed by atoms with Gasteiger partial charge in [-0.3, -0.25) is 4.79 Å². The van der Waals surface area contributed by atoms with Crippen molar-refractivity contribution in [1.29, 1.82) is 0 Å². The molecule has 25 heavy (non-hydrogen) atoms. The van der Waals surface area contributed by atoms with Gasteiger partial charge in [0.2, 0.25) is 0 Å². The van der Waals surface area contributed by atoms with Gasteiger partial charge in [-0.2, -0.15) is 0 Å². The highest BCUT2D eigenvalue weighted by Crippen LogP contribution is 2.29. The molecule has 1 unspecified atom stereocenters. The molecule has 6 heteroatoms. The molecule has 1 atom stereocenters. The first-order chi connectivity index (χ1) is 11.5. The van der Waals surface area contributed by atoms with Crippen molar-refractivity contribution in [3.05, 3.63) is 35.1 Å². The van der Waals surface area contributed by atoms with Crippen molar-refractivity contribution in [3.63, 3.8) is 0 Å².